The minimum atomic E-state index is -0.0646. The van der Waals surface area contributed by atoms with Crippen LogP contribution in [0.4, 0.5) is 5.69 Å². The average Bonchev–Trinajstić information content (AvgIpc) is 3.22. The Labute approximate surface area is 202 Å². The summed E-state index contributed by atoms with van der Waals surface area (Å²) in [6, 6.07) is 8.13. The van der Waals surface area contributed by atoms with Gasteiger partial charge in [0, 0.05) is 51.3 Å². The van der Waals surface area contributed by atoms with Crippen LogP contribution in [0.2, 0.25) is 0 Å². The van der Waals surface area contributed by atoms with E-state index in [1.54, 1.807) is 7.05 Å². The van der Waals surface area contributed by atoms with E-state index in [1.165, 1.54) is 31.7 Å². The first-order valence-electron chi connectivity index (χ1n) is 11.2. The zero-order valence-corrected chi connectivity index (χ0v) is 21.0. The Kier molecular flexibility index (Phi) is 10.6. The Bertz CT molecular complexity index is 747. The highest BCUT2D eigenvalue weighted by Gasteiger charge is 2.31. The van der Waals surface area contributed by atoms with Crippen LogP contribution in [0.3, 0.4) is 0 Å². The van der Waals surface area contributed by atoms with Gasteiger partial charge in [0.15, 0.2) is 5.96 Å². The molecule has 0 spiro atoms. The highest BCUT2D eigenvalue weighted by molar-refractivity contribution is 14.0. The number of guanidine groups is 1. The van der Waals surface area contributed by atoms with Crippen LogP contribution in [0.25, 0.3) is 0 Å². The molecule has 1 aromatic carbocycles. The molecule has 2 aliphatic rings. The minimum absolute atomic E-state index is 0. The summed E-state index contributed by atoms with van der Waals surface area (Å²) < 4.78 is 0. The summed E-state index contributed by atoms with van der Waals surface area (Å²) in [5.74, 6) is 1.31. The molecule has 1 aliphatic heterocycles. The predicted molar refractivity (Wildman–Crippen MR) is 136 cm³/mol. The lowest BCUT2D eigenvalue weighted by molar-refractivity contribution is -0.135. The van der Waals surface area contributed by atoms with Crippen molar-refractivity contribution in [1.29, 1.82) is 0 Å². The summed E-state index contributed by atoms with van der Waals surface area (Å²) in [7, 11) is 1.78. The van der Waals surface area contributed by atoms with Crippen molar-refractivity contribution in [3.63, 3.8) is 0 Å². The van der Waals surface area contributed by atoms with Gasteiger partial charge in [-0.25, -0.2) is 0 Å². The Balaban J connectivity index is 0.00000341. The van der Waals surface area contributed by atoms with Crippen molar-refractivity contribution in [3.05, 3.63) is 29.8 Å². The molecule has 0 bridgehead atoms. The molecule has 1 aliphatic carbocycles. The fourth-order valence-corrected chi connectivity index (χ4v) is 4.36. The molecule has 0 radical (unpaired) electrons. The molecule has 1 atom stereocenters. The molecule has 172 valence electrons. The van der Waals surface area contributed by atoms with Gasteiger partial charge in [-0.05, 0) is 43.4 Å². The van der Waals surface area contributed by atoms with E-state index in [0.29, 0.717) is 5.91 Å². The number of amides is 2. The highest BCUT2D eigenvalue weighted by Crippen LogP contribution is 2.26. The fourth-order valence-electron chi connectivity index (χ4n) is 4.36. The van der Waals surface area contributed by atoms with Gasteiger partial charge >= 0.3 is 0 Å². The van der Waals surface area contributed by atoms with E-state index >= 15 is 0 Å². The number of benzene rings is 1. The van der Waals surface area contributed by atoms with Gasteiger partial charge in [0.25, 0.3) is 0 Å². The molecule has 1 aromatic rings. The van der Waals surface area contributed by atoms with Gasteiger partial charge in [0.1, 0.15) is 0 Å². The minimum Gasteiger partial charge on any atom is -0.356 e. The first-order chi connectivity index (χ1) is 14.5. The second-order valence-corrected chi connectivity index (χ2v) is 8.38. The van der Waals surface area contributed by atoms with Crippen molar-refractivity contribution in [2.75, 3.05) is 32.0 Å². The number of anilines is 1. The molecular weight excluding hydrogens is 505 g/mol. The van der Waals surface area contributed by atoms with Crippen LogP contribution in [0.5, 0.6) is 0 Å². The van der Waals surface area contributed by atoms with E-state index in [9.17, 15) is 9.59 Å². The number of carbonyl (C=O) groups is 2. The van der Waals surface area contributed by atoms with Crippen LogP contribution in [-0.4, -0.2) is 55.4 Å². The van der Waals surface area contributed by atoms with Crippen LogP contribution in [-0.2, 0) is 16.0 Å². The standard InChI is InChI=1S/C23H35N5O2.HI/c1-17(29)26-20-10-8-18(9-11-20)12-14-25-23(24-2)27-21-13-15-28(16-21)22(30)19-6-4-3-5-7-19;/h8-11,19,21H,3-7,12-16H2,1-2H3,(H,26,29)(H2,24,25,27);1H. The van der Waals surface area contributed by atoms with E-state index in [4.69, 9.17) is 0 Å². The van der Waals surface area contributed by atoms with Gasteiger partial charge < -0.3 is 20.9 Å². The lowest BCUT2D eigenvalue weighted by Crippen LogP contribution is -2.46. The second-order valence-electron chi connectivity index (χ2n) is 8.38. The molecule has 1 saturated carbocycles. The molecule has 2 amide bonds. The zero-order valence-electron chi connectivity index (χ0n) is 18.7. The maximum Gasteiger partial charge on any atom is 0.225 e. The smallest absolute Gasteiger partial charge is 0.225 e. The van der Waals surface area contributed by atoms with E-state index < -0.39 is 0 Å². The quantitative estimate of drug-likeness (QED) is 0.294. The lowest BCUT2D eigenvalue weighted by Gasteiger charge is -2.26. The number of nitrogens with zero attached hydrogens (tertiary/aromatic N) is 2. The summed E-state index contributed by atoms with van der Waals surface area (Å²) in [5, 5.41) is 9.61. The Morgan fingerprint density at radius 2 is 1.81 bits per heavy atom. The van der Waals surface area contributed by atoms with Crippen molar-refractivity contribution >= 4 is 47.4 Å². The molecule has 31 heavy (non-hydrogen) atoms. The Morgan fingerprint density at radius 3 is 2.45 bits per heavy atom. The van der Waals surface area contributed by atoms with Crippen LogP contribution in [0.1, 0.15) is 51.0 Å². The fraction of sp³-hybridized carbons (Fsp3) is 0.609. The topological polar surface area (TPSA) is 85.8 Å². The number of aliphatic imine (C=N–C) groups is 1. The van der Waals surface area contributed by atoms with Gasteiger partial charge in [-0.2, -0.15) is 0 Å². The third kappa shape index (κ3) is 7.97. The summed E-state index contributed by atoms with van der Waals surface area (Å²) >= 11 is 0. The molecule has 0 aromatic heterocycles. The summed E-state index contributed by atoms with van der Waals surface area (Å²) in [6.45, 7) is 3.87. The molecule has 8 heteroatoms. The van der Waals surface area contributed by atoms with E-state index in [2.05, 4.69) is 20.9 Å². The molecule has 1 unspecified atom stereocenters. The SMILES string of the molecule is CN=C(NCCc1ccc(NC(C)=O)cc1)NC1CCN(C(=O)C2CCCCC2)C1.I. The van der Waals surface area contributed by atoms with Gasteiger partial charge in [-0.3, -0.25) is 14.6 Å². The Morgan fingerprint density at radius 1 is 1.10 bits per heavy atom. The molecule has 7 nitrogen and oxygen atoms in total. The number of likely N-dealkylation sites (tertiary alicyclic amines) is 1. The van der Waals surface area contributed by atoms with Crippen molar-refractivity contribution in [1.82, 2.24) is 15.5 Å². The number of hydrogen-bond donors (Lipinski definition) is 3. The molecular formula is C23H36IN5O2. The summed E-state index contributed by atoms with van der Waals surface area (Å²) in [5.41, 5.74) is 2.00. The van der Waals surface area contributed by atoms with Crippen LogP contribution in [0.15, 0.2) is 29.3 Å². The van der Waals surface area contributed by atoms with Crippen molar-refractivity contribution in [2.24, 2.45) is 10.9 Å². The molecule has 3 rings (SSSR count). The van der Waals surface area contributed by atoms with Crippen molar-refractivity contribution in [2.45, 2.75) is 57.9 Å². The third-order valence-electron chi connectivity index (χ3n) is 6.00. The Hall–Kier alpha value is -1.84. The van der Waals surface area contributed by atoms with E-state index in [0.717, 1.165) is 57.0 Å². The second kappa shape index (κ2) is 12.9. The normalized spacial score (nSPS) is 19.5. The summed E-state index contributed by atoms with van der Waals surface area (Å²) in [4.78, 5) is 30.2. The highest BCUT2D eigenvalue weighted by atomic mass is 127. The molecule has 1 heterocycles. The first kappa shape index (κ1) is 25.4. The zero-order chi connectivity index (χ0) is 21.3. The maximum absolute atomic E-state index is 12.7. The van der Waals surface area contributed by atoms with E-state index in [-0.39, 0.29) is 41.8 Å². The average molecular weight is 541 g/mol. The number of hydrogen-bond acceptors (Lipinski definition) is 3. The van der Waals surface area contributed by atoms with Gasteiger partial charge in [-0.15, -0.1) is 24.0 Å². The predicted octanol–water partition coefficient (Wildman–Crippen LogP) is 3.15. The third-order valence-corrected chi connectivity index (χ3v) is 6.00. The number of halogens is 1. The van der Waals surface area contributed by atoms with Crippen molar-refractivity contribution in [3.8, 4) is 0 Å². The number of carbonyl (C=O) groups excluding carboxylic acids is 2. The van der Waals surface area contributed by atoms with E-state index in [1.807, 2.05) is 29.2 Å². The largest absolute Gasteiger partial charge is 0.356 e. The monoisotopic (exact) mass is 541 g/mol. The molecule has 2 fully saturated rings. The molecule has 1 saturated heterocycles. The molecule has 3 N–H and O–H groups in total. The van der Waals surface area contributed by atoms with Gasteiger partial charge in [-0.1, -0.05) is 31.4 Å². The summed E-state index contributed by atoms with van der Waals surface area (Å²) in [6.07, 6.45) is 7.60. The number of rotatable bonds is 6. The lowest BCUT2D eigenvalue weighted by atomic mass is 9.88. The number of nitrogens with one attached hydrogen (secondary N) is 3. The van der Waals surface area contributed by atoms with Crippen LogP contribution < -0.4 is 16.0 Å². The first-order valence-corrected chi connectivity index (χ1v) is 11.2. The van der Waals surface area contributed by atoms with Crippen LogP contribution >= 0.6 is 24.0 Å². The van der Waals surface area contributed by atoms with Gasteiger partial charge in [0.05, 0.1) is 0 Å². The van der Waals surface area contributed by atoms with Gasteiger partial charge in [0.2, 0.25) is 11.8 Å². The van der Waals surface area contributed by atoms with Crippen LogP contribution in [0, 0.1) is 5.92 Å². The maximum atomic E-state index is 12.7. The van der Waals surface area contributed by atoms with Crippen molar-refractivity contribution < 1.29 is 9.59 Å².